The normalized spacial score (nSPS) is 17.4. The zero-order valence-electron chi connectivity index (χ0n) is 9.90. The average molecular weight is 372 g/mol. The van der Waals surface area contributed by atoms with Crippen LogP contribution in [0.15, 0.2) is 20.0 Å². The van der Waals surface area contributed by atoms with Crippen molar-refractivity contribution in [1.82, 2.24) is 0 Å². The van der Waals surface area contributed by atoms with Gasteiger partial charge in [-0.15, -0.1) is 0 Å². The van der Waals surface area contributed by atoms with Crippen molar-refractivity contribution in [2.75, 3.05) is 0 Å². The monoisotopic (exact) mass is 370 g/mol. The van der Waals surface area contributed by atoms with E-state index in [0.717, 1.165) is 38.2 Å². The molecule has 1 heterocycles. The molecular weight excluding hydrogens is 360 g/mol. The molecule has 0 N–H and O–H groups in total. The van der Waals surface area contributed by atoms with Crippen molar-refractivity contribution in [3.63, 3.8) is 0 Å². The average Bonchev–Trinajstić information content (AvgIpc) is 2.72. The zero-order valence-corrected chi connectivity index (χ0v) is 13.1. The number of rotatable bonds is 3. The molecule has 0 atom stereocenters. The highest BCUT2D eigenvalue weighted by atomic mass is 79.9. The standard InChI is InChI=1S/C11H12BrClO5S/c12-10-9(19(13,15)16)6-8(18-10)11(14)17-7-4-2-1-3-5-7/h6-7H,1-5H2. The van der Waals surface area contributed by atoms with Gasteiger partial charge in [-0.05, 0) is 41.6 Å². The van der Waals surface area contributed by atoms with E-state index in [2.05, 4.69) is 15.9 Å². The third-order valence-corrected chi connectivity index (χ3v) is 5.12. The molecule has 0 spiro atoms. The summed E-state index contributed by atoms with van der Waals surface area (Å²) in [5, 5.41) is 0. The molecule has 19 heavy (non-hydrogen) atoms. The van der Waals surface area contributed by atoms with Crippen LogP contribution in [0.25, 0.3) is 0 Å². The van der Waals surface area contributed by atoms with E-state index in [1.807, 2.05) is 0 Å². The maximum atomic E-state index is 11.8. The molecule has 1 aromatic heterocycles. The number of furan rings is 1. The highest BCUT2D eigenvalue weighted by Gasteiger charge is 2.26. The minimum Gasteiger partial charge on any atom is -0.457 e. The molecule has 0 bridgehead atoms. The molecule has 5 nitrogen and oxygen atoms in total. The fourth-order valence-electron chi connectivity index (χ4n) is 2.01. The predicted octanol–water partition coefficient (Wildman–Crippen LogP) is 3.46. The fourth-order valence-corrected chi connectivity index (χ4v) is 4.04. The van der Waals surface area contributed by atoms with Crippen LogP contribution in [-0.4, -0.2) is 20.5 Å². The van der Waals surface area contributed by atoms with Gasteiger partial charge in [-0.25, -0.2) is 13.2 Å². The molecule has 0 radical (unpaired) electrons. The van der Waals surface area contributed by atoms with Gasteiger partial charge in [-0.1, -0.05) is 6.42 Å². The van der Waals surface area contributed by atoms with E-state index in [0.29, 0.717) is 0 Å². The summed E-state index contributed by atoms with van der Waals surface area (Å²) >= 11 is 2.91. The van der Waals surface area contributed by atoms with Crippen molar-refractivity contribution in [2.45, 2.75) is 43.1 Å². The van der Waals surface area contributed by atoms with E-state index < -0.39 is 15.0 Å². The molecule has 0 unspecified atom stereocenters. The van der Waals surface area contributed by atoms with Gasteiger partial charge >= 0.3 is 5.97 Å². The fraction of sp³-hybridized carbons (Fsp3) is 0.545. The summed E-state index contributed by atoms with van der Waals surface area (Å²) in [5.41, 5.74) is 0. The summed E-state index contributed by atoms with van der Waals surface area (Å²) in [6, 6.07) is 1.07. The van der Waals surface area contributed by atoms with Crippen LogP contribution >= 0.6 is 26.6 Å². The second kappa shape index (κ2) is 5.85. The Bertz CT molecular complexity index is 574. The summed E-state index contributed by atoms with van der Waals surface area (Å²) in [5.74, 6) is -0.837. The first kappa shape index (κ1) is 14.9. The van der Waals surface area contributed by atoms with Gasteiger partial charge in [0.25, 0.3) is 9.05 Å². The third kappa shape index (κ3) is 3.73. The van der Waals surface area contributed by atoms with Crippen LogP contribution in [0.4, 0.5) is 0 Å². The maximum Gasteiger partial charge on any atom is 0.374 e. The van der Waals surface area contributed by atoms with Gasteiger partial charge in [0, 0.05) is 16.7 Å². The van der Waals surface area contributed by atoms with Gasteiger partial charge in [0.2, 0.25) is 5.76 Å². The molecule has 0 saturated heterocycles. The molecule has 0 aromatic carbocycles. The molecule has 0 amide bonds. The molecule has 1 aliphatic carbocycles. The second-order valence-electron chi connectivity index (χ2n) is 4.35. The van der Waals surface area contributed by atoms with Crippen molar-refractivity contribution in [1.29, 1.82) is 0 Å². The van der Waals surface area contributed by atoms with Crippen molar-refractivity contribution >= 4 is 41.6 Å². The van der Waals surface area contributed by atoms with Gasteiger partial charge in [-0.2, -0.15) is 0 Å². The molecule has 1 saturated carbocycles. The van der Waals surface area contributed by atoms with Crippen molar-refractivity contribution in [3.8, 4) is 0 Å². The minimum absolute atomic E-state index is 0.0990. The zero-order chi connectivity index (χ0) is 14.0. The number of hydrogen-bond acceptors (Lipinski definition) is 5. The summed E-state index contributed by atoms with van der Waals surface area (Å²) in [6.07, 6.45) is 4.74. The topological polar surface area (TPSA) is 73.6 Å². The molecule has 0 aliphatic heterocycles. The Kier molecular flexibility index (Phi) is 4.58. The van der Waals surface area contributed by atoms with Crippen molar-refractivity contribution in [3.05, 3.63) is 16.5 Å². The van der Waals surface area contributed by atoms with Crippen molar-refractivity contribution < 1.29 is 22.4 Å². The summed E-state index contributed by atoms with van der Waals surface area (Å²) in [6.45, 7) is 0. The molecule has 2 rings (SSSR count). The maximum absolute atomic E-state index is 11.8. The molecule has 1 fully saturated rings. The van der Waals surface area contributed by atoms with E-state index in [-0.39, 0.29) is 21.4 Å². The van der Waals surface area contributed by atoms with Gasteiger partial charge in [0.15, 0.2) is 4.67 Å². The Morgan fingerprint density at radius 1 is 1.37 bits per heavy atom. The number of carbonyl (C=O) groups is 1. The largest absolute Gasteiger partial charge is 0.457 e. The van der Waals surface area contributed by atoms with E-state index in [1.54, 1.807) is 0 Å². The molecule has 106 valence electrons. The first-order chi connectivity index (χ1) is 8.88. The van der Waals surface area contributed by atoms with Crippen LogP contribution < -0.4 is 0 Å². The Hall–Kier alpha value is -0.530. The van der Waals surface area contributed by atoms with Crippen LogP contribution in [0.3, 0.4) is 0 Å². The highest BCUT2D eigenvalue weighted by molar-refractivity contribution is 9.10. The van der Waals surface area contributed by atoms with Crippen molar-refractivity contribution in [2.24, 2.45) is 0 Å². The Morgan fingerprint density at radius 3 is 2.53 bits per heavy atom. The van der Waals surface area contributed by atoms with Gasteiger partial charge in [0.1, 0.15) is 11.0 Å². The number of ether oxygens (including phenoxy) is 1. The van der Waals surface area contributed by atoms with Crippen LogP contribution in [0.1, 0.15) is 42.7 Å². The number of halogens is 2. The first-order valence-corrected chi connectivity index (χ1v) is 8.93. The molecule has 8 heteroatoms. The van der Waals surface area contributed by atoms with Crippen LogP contribution in [0.5, 0.6) is 0 Å². The lowest BCUT2D eigenvalue weighted by atomic mass is 9.98. The van der Waals surface area contributed by atoms with E-state index in [9.17, 15) is 13.2 Å². The molecule has 1 aliphatic rings. The smallest absolute Gasteiger partial charge is 0.374 e. The molecule has 1 aromatic rings. The minimum atomic E-state index is -3.96. The summed E-state index contributed by atoms with van der Waals surface area (Å²) in [4.78, 5) is 11.6. The Balaban J connectivity index is 2.11. The van der Waals surface area contributed by atoms with E-state index in [4.69, 9.17) is 19.8 Å². The first-order valence-electron chi connectivity index (χ1n) is 5.83. The summed E-state index contributed by atoms with van der Waals surface area (Å²) < 4.78 is 32.6. The van der Waals surface area contributed by atoms with Gasteiger partial charge in [-0.3, -0.25) is 0 Å². The third-order valence-electron chi connectivity index (χ3n) is 2.95. The molecular formula is C11H12BrClO5S. The SMILES string of the molecule is O=C(OC1CCCCC1)c1cc(S(=O)(=O)Cl)c(Br)o1. The van der Waals surface area contributed by atoms with Crippen LogP contribution in [0, 0.1) is 0 Å². The number of carbonyl (C=O) groups excluding carboxylic acids is 1. The van der Waals surface area contributed by atoms with E-state index >= 15 is 0 Å². The van der Waals surface area contributed by atoms with Gasteiger partial charge in [0.05, 0.1) is 0 Å². The summed E-state index contributed by atoms with van der Waals surface area (Å²) in [7, 11) is 1.25. The quantitative estimate of drug-likeness (QED) is 0.601. The lowest BCUT2D eigenvalue weighted by molar-refractivity contribution is 0.0176. The highest BCUT2D eigenvalue weighted by Crippen LogP contribution is 2.30. The lowest BCUT2D eigenvalue weighted by Crippen LogP contribution is -2.20. The lowest BCUT2D eigenvalue weighted by Gasteiger charge is -2.21. The van der Waals surface area contributed by atoms with Crippen LogP contribution in [-0.2, 0) is 13.8 Å². The Labute approximate surface area is 123 Å². The van der Waals surface area contributed by atoms with Gasteiger partial charge < -0.3 is 9.15 Å². The Morgan fingerprint density at radius 2 is 2.00 bits per heavy atom. The van der Waals surface area contributed by atoms with Crippen LogP contribution in [0.2, 0.25) is 0 Å². The second-order valence-corrected chi connectivity index (χ2v) is 7.61. The number of hydrogen-bond donors (Lipinski definition) is 0. The van der Waals surface area contributed by atoms with E-state index in [1.165, 1.54) is 0 Å². The predicted molar refractivity (Wildman–Crippen MR) is 71.7 cm³/mol. The number of esters is 1.